The fraction of sp³-hybridized carbons (Fsp3) is 0.0641. The topological polar surface area (TPSA) is 293 Å². The van der Waals surface area contributed by atoms with Crippen molar-refractivity contribution in [2.45, 2.75) is 34.6 Å². The third-order valence-electron chi connectivity index (χ3n) is 14.4. The molecular formula is C78H67F3O18Pd-6. The molecule has 0 bridgehead atoms. The number of esters is 4. The molecule has 0 aliphatic carbocycles. The molecule has 12 aromatic rings. The molecule has 0 atom stereocenters. The van der Waals surface area contributed by atoms with Crippen molar-refractivity contribution < 1.29 is 116 Å². The Morgan fingerprint density at radius 1 is 0.370 bits per heavy atom. The molecule has 0 unspecified atom stereocenters. The van der Waals surface area contributed by atoms with Crippen LogP contribution in [-0.2, 0) is 25.9 Å². The van der Waals surface area contributed by atoms with Gasteiger partial charge in [-0.1, -0.05) is 117 Å². The summed E-state index contributed by atoms with van der Waals surface area (Å²) >= 11 is 0. The van der Waals surface area contributed by atoms with E-state index in [2.05, 4.69) is 0 Å². The maximum atomic E-state index is 13.0. The van der Waals surface area contributed by atoms with E-state index < -0.39 is 41.9 Å². The summed E-state index contributed by atoms with van der Waals surface area (Å²) in [6, 6.07) is 64.5. The van der Waals surface area contributed by atoms with Gasteiger partial charge in [-0.25, -0.2) is 19.2 Å². The number of halogens is 3. The molecule has 10 aromatic carbocycles. The van der Waals surface area contributed by atoms with E-state index in [0.29, 0.717) is 55.5 Å². The number of carbonyl (C=O) groups is 6. The SMILES string of the molecule is C.Cc1cccc(O)c1C(=O)CC(=O)c1ccc(OC(=O)c2ccccc2)c(OC(=O)c2ccccc2)c1.Cc1cccc2oc(-c3ccc(O)c(O)c3)cc(=O)c12.Cc1cccc2oc(-c3ccc(OC(=O)c4ccccc4)c(OC(=O)c4ccccc4)c3)cc(=O)c12.[2H-].[2H-].[2H-].[CH3-].[F-].[F-].[F-].[OH3+].[Pd]. The summed E-state index contributed by atoms with van der Waals surface area (Å²) in [4.78, 5) is 101. The number of phenols is 3. The Morgan fingerprint density at radius 3 is 1.14 bits per heavy atom. The second-order valence-corrected chi connectivity index (χ2v) is 20.9. The normalized spacial score (nSPS) is 9.87. The Morgan fingerprint density at radius 2 is 0.730 bits per heavy atom. The van der Waals surface area contributed by atoms with Crippen molar-refractivity contribution in [3.05, 3.63) is 321 Å². The van der Waals surface area contributed by atoms with E-state index in [-0.39, 0.29) is 138 Å². The van der Waals surface area contributed by atoms with Gasteiger partial charge in [-0.2, -0.15) is 0 Å². The molecule has 2 aromatic heterocycles. The second kappa shape index (κ2) is 37.2. The van der Waals surface area contributed by atoms with Crippen LogP contribution in [0.25, 0.3) is 44.6 Å². The molecule has 0 radical (unpaired) electrons. The number of aryl methyl sites for hydroxylation is 3. The van der Waals surface area contributed by atoms with Gasteiger partial charge < -0.3 is 74.4 Å². The largest absolute Gasteiger partial charge is 1.00 e. The Hall–Kier alpha value is -12.3. The molecule has 18 nitrogen and oxygen atoms in total. The van der Waals surface area contributed by atoms with Crippen molar-refractivity contribution >= 4 is 57.4 Å². The minimum atomic E-state index is -0.719. The maximum absolute atomic E-state index is 13.0. The molecule has 22 heteroatoms. The van der Waals surface area contributed by atoms with Crippen LogP contribution in [0.15, 0.2) is 261 Å². The molecular weight excluding hydrogens is 1390 g/mol. The van der Waals surface area contributed by atoms with Crippen LogP contribution in [0.5, 0.6) is 40.2 Å². The molecule has 12 rings (SSSR count). The van der Waals surface area contributed by atoms with E-state index in [1.807, 2.05) is 38.1 Å². The number of phenolic OH excluding ortho intramolecular Hbond substituents is 3. The molecule has 0 aliphatic heterocycles. The Balaban J connectivity index is 0.00000150. The van der Waals surface area contributed by atoms with Crippen LogP contribution in [0.2, 0.25) is 0 Å². The second-order valence-electron chi connectivity index (χ2n) is 20.9. The molecule has 0 saturated heterocycles. The first kappa shape index (κ1) is 81.9. The molecule has 0 spiro atoms. The summed E-state index contributed by atoms with van der Waals surface area (Å²) in [6.07, 6.45) is -0.520. The van der Waals surface area contributed by atoms with E-state index in [4.69, 9.17) is 27.8 Å². The Labute approximate surface area is 588 Å². The standard InChI is InChI=1S/C30H22O7.C30H20O6.C16H12O4.CH4.CH3.3FH.H2O.Pd.3H/c1-19-9-8-14-23(31)28(19)25(33)18-24(32)22-15-16-26(36-29(34)20-10-4-2-5-11-20)27(17-22)37-30(35)21-12-6-3-7-13-21;1-19-9-8-14-25-28(19)23(31)18-26(34-25)22-15-16-24(35-29(32)20-10-4-2-5-11-20)27(17-22)36-30(33)21-12-6-3-7-13-21;1-9-3-2-4-14-16(9)13(19)8-15(20-14)10-5-6-11(17)12(18)7-10;;;;;;;;;;/h2-17,31H,18H2,1H3;2-18H,1H3;2-8,17-18H,1H3;1H4;1H3;3*1H;1H2;;;;/q;;;;-1;;;;;;3*-1/p-2/i;;;;;;;;;;3*1+1. The molecule has 524 valence electrons. The smallest absolute Gasteiger partial charge is 0.343 e. The van der Waals surface area contributed by atoms with Crippen LogP contribution in [0.1, 0.15) is 97.0 Å². The number of ether oxygens (including phenoxy) is 4. The molecule has 2 heterocycles. The van der Waals surface area contributed by atoms with Crippen molar-refractivity contribution in [1.82, 2.24) is 0 Å². The Kier molecular flexibility index (Phi) is 30.5. The monoisotopic (exact) mass is 1460 g/mol. The average Bonchev–Trinajstić information content (AvgIpc) is 0.794. The number of fused-ring (bicyclic) bond motifs is 2. The first-order valence-corrected chi connectivity index (χ1v) is 28.7. The van der Waals surface area contributed by atoms with E-state index in [9.17, 15) is 53.7 Å². The molecule has 0 amide bonds. The number of hydrogen-bond donors (Lipinski definition) is 3. The van der Waals surface area contributed by atoms with Crippen molar-refractivity contribution in [1.29, 1.82) is 0 Å². The van der Waals surface area contributed by atoms with Gasteiger partial charge >= 0.3 is 23.9 Å². The number of carbonyl (C=O) groups excluding carboxylic acids is 6. The van der Waals surface area contributed by atoms with Crippen molar-refractivity contribution in [3.63, 3.8) is 0 Å². The zero-order chi connectivity index (χ0) is 65.7. The molecule has 0 aliphatic rings. The van der Waals surface area contributed by atoms with Crippen molar-refractivity contribution in [2.24, 2.45) is 0 Å². The van der Waals surface area contributed by atoms with Gasteiger partial charge in [0.1, 0.15) is 28.4 Å². The summed E-state index contributed by atoms with van der Waals surface area (Å²) in [5, 5.41) is 30.0. The Bertz CT molecular complexity index is 4970. The van der Waals surface area contributed by atoms with Gasteiger partial charge in [0.2, 0.25) is 0 Å². The van der Waals surface area contributed by atoms with Gasteiger partial charge in [0.15, 0.2) is 56.9 Å². The first-order chi connectivity index (χ1) is 44.9. The maximum Gasteiger partial charge on any atom is 0.343 e. The van der Waals surface area contributed by atoms with E-state index in [1.54, 1.807) is 165 Å². The third kappa shape index (κ3) is 19.7. The van der Waals surface area contributed by atoms with Gasteiger partial charge in [-0.15, -0.1) is 0 Å². The number of hydrogen-bond acceptors (Lipinski definition) is 17. The van der Waals surface area contributed by atoms with Gasteiger partial charge in [0, 0.05) is 49.2 Å². The van der Waals surface area contributed by atoms with Gasteiger partial charge in [0.05, 0.1) is 45.0 Å². The first-order valence-electron chi connectivity index (χ1n) is 28.7. The van der Waals surface area contributed by atoms with E-state index in [1.165, 1.54) is 60.7 Å². The van der Waals surface area contributed by atoms with Crippen LogP contribution >= 0.6 is 0 Å². The van der Waals surface area contributed by atoms with Gasteiger partial charge in [-0.05, 0) is 159 Å². The number of ketones is 2. The molecule has 6 N–H and O–H groups in total. The van der Waals surface area contributed by atoms with Crippen LogP contribution in [-0.4, -0.2) is 50.8 Å². The molecule has 0 fully saturated rings. The molecule has 100 heavy (non-hydrogen) atoms. The van der Waals surface area contributed by atoms with Crippen molar-refractivity contribution in [2.75, 3.05) is 0 Å². The number of aromatic hydroxyl groups is 3. The fourth-order valence-corrected chi connectivity index (χ4v) is 9.68. The average molecular weight is 1460 g/mol. The van der Waals surface area contributed by atoms with E-state index >= 15 is 0 Å². The zero-order valence-electron chi connectivity index (χ0n) is 55.9. The summed E-state index contributed by atoms with van der Waals surface area (Å²) < 4.78 is 33.9. The summed E-state index contributed by atoms with van der Waals surface area (Å²) in [5.74, 6) is -3.95. The third-order valence-corrected chi connectivity index (χ3v) is 14.4. The summed E-state index contributed by atoms with van der Waals surface area (Å²) in [5.41, 5.74) is 5.19. The number of rotatable bonds is 14. The fourth-order valence-electron chi connectivity index (χ4n) is 9.68. The van der Waals surface area contributed by atoms with Gasteiger partial charge in [0.25, 0.3) is 0 Å². The number of Topliss-reactive ketones (excluding diaryl/α,β-unsaturated/α-hetero) is 2. The van der Waals surface area contributed by atoms with Crippen LogP contribution in [0.4, 0.5) is 0 Å². The van der Waals surface area contributed by atoms with Crippen molar-refractivity contribution in [3.8, 4) is 62.9 Å². The molecule has 0 saturated carbocycles. The zero-order valence-corrected chi connectivity index (χ0v) is 54.4. The minimum absolute atomic E-state index is 0. The summed E-state index contributed by atoms with van der Waals surface area (Å²) in [6.45, 7) is 5.36. The van der Waals surface area contributed by atoms with Gasteiger partial charge in [-0.3, -0.25) is 19.2 Å². The summed E-state index contributed by atoms with van der Waals surface area (Å²) in [7, 11) is 0. The number of benzene rings is 10. The minimum Gasteiger partial charge on any atom is -1.00 e. The van der Waals surface area contributed by atoms with E-state index in [0.717, 1.165) is 11.1 Å². The van der Waals surface area contributed by atoms with Crippen LogP contribution in [0.3, 0.4) is 0 Å². The predicted octanol–water partition coefficient (Wildman–Crippen LogP) is 6.49. The van der Waals surface area contributed by atoms with Crippen LogP contribution < -0.4 is 43.9 Å². The quantitative estimate of drug-likeness (QED) is 0.0153. The van der Waals surface area contributed by atoms with Crippen LogP contribution in [0, 0.1) is 28.2 Å². The predicted molar refractivity (Wildman–Crippen MR) is 368 cm³/mol.